The van der Waals surface area contributed by atoms with E-state index in [0.717, 1.165) is 16.7 Å². The van der Waals surface area contributed by atoms with Crippen LogP contribution < -0.4 is 4.90 Å². The average Bonchev–Trinajstić information content (AvgIpc) is 2.47. The molecule has 2 rings (SSSR count). The normalized spacial score (nSPS) is 17.3. The molecule has 1 aliphatic heterocycles. The molecule has 0 atom stereocenters. The van der Waals surface area contributed by atoms with Gasteiger partial charge >= 0.3 is 12.1 Å². The number of carbonyl (C=O) groups is 1. The van der Waals surface area contributed by atoms with Gasteiger partial charge in [0.05, 0.1) is 5.92 Å². The summed E-state index contributed by atoms with van der Waals surface area (Å²) >= 11 is 0.876. The molecule has 8 heteroatoms. The highest BCUT2D eigenvalue weighted by Crippen LogP contribution is 2.35. The number of alkyl halides is 3. The van der Waals surface area contributed by atoms with Crippen LogP contribution in [0.5, 0.6) is 0 Å². The molecule has 1 aromatic heterocycles. The Kier molecular flexibility index (Phi) is 2.53. The van der Waals surface area contributed by atoms with Crippen molar-refractivity contribution >= 4 is 22.4 Å². The van der Waals surface area contributed by atoms with Gasteiger partial charge in [0.25, 0.3) is 0 Å². The Labute approximate surface area is 92.3 Å². The molecule has 1 N–H and O–H groups in total. The first kappa shape index (κ1) is 11.2. The van der Waals surface area contributed by atoms with E-state index < -0.39 is 23.8 Å². The topological polar surface area (TPSA) is 53.4 Å². The minimum absolute atomic E-state index is 0.222. The number of hydrogen-bond acceptors (Lipinski definition) is 4. The summed E-state index contributed by atoms with van der Waals surface area (Å²) in [4.78, 5) is 15.4. The zero-order valence-electron chi connectivity index (χ0n) is 7.86. The predicted octanol–water partition coefficient (Wildman–Crippen LogP) is 1.68. The van der Waals surface area contributed by atoms with E-state index in [4.69, 9.17) is 5.11 Å². The number of nitrogens with zero attached hydrogens (tertiary/aromatic N) is 2. The van der Waals surface area contributed by atoms with Crippen LogP contribution in [0.25, 0.3) is 0 Å². The van der Waals surface area contributed by atoms with Gasteiger partial charge in [-0.05, 0) is 0 Å². The molecular formula is C8H7F3N2O2S. The Bertz CT molecular complexity index is 412. The first-order valence-corrected chi connectivity index (χ1v) is 5.26. The van der Waals surface area contributed by atoms with Crippen LogP contribution in [0.4, 0.5) is 18.3 Å². The molecule has 0 spiro atoms. The van der Waals surface area contributed by atoms with Gasteiger partial charge in [-0.25, -0.2) is 4.98 Å². The number of rotatable bonds is 2. The van der Waals surface area contributed by atoms with Crippen LogP contribution in [-0.2, 0) is 11.0 Å². The fourth-order valence-corrected chi connectivity index (χ4v) is 2.18. The summed E-state index contributed by atoms with van der Waals surface area (Å²) in [6.07, 6.45) is -4.44. The van der Waals surface area contributed by atoms with E-state index in [1.165, 1.54) is 4.90 Å². The lowest BCUT2D eigenvalue weighted by Gasteiger charge is -2.36. The Morgan fingerprint density at radius 2 is 2.19 bits per heavy atom. The van der Waals surface area contributed by atoms with Crippen LogP contribution in [-0.4, -0.2) is 29.1 Å². The molecule has 0 aromatic carbocycles. The number of carboxylic acids is 1. The van der Waals surface area contributed by atoms with Crippen molar-refractivity contribution in [3.05, 3.63) is 11.1 Å². The molecule has 0 saturated carbocycles. The Morgan fingerprint density at radius 1 is 1.56 bits per heavy atom. The van der Waals surface area contributed by atoms with Crippen LogP contribution in [0.15, 0.2) is 5.38 Å². The molecule has 16 heavy (non-hydrogen) atoms. The molecule has 0 amide bonds. The molecule has 0 bridgehead atoms. The maximum absolute atomic E-state index is 12.2. The fourth-order valence-electron chi connectivity index (χ4n) is 1.33. The van der Waals surface area contributed by atoms with Crippen molar-refractivity contribution in [1.29, 1.82) is 0 Å². The highest BCUT2D eigenvalue weighted by Gasteiger charge is 2.37. The lowest BCUT2D eigenvalue weighted by Crippen LogP contribution is -2.50. The third kappa shape index (κ3) is 1.97. The smallest absolute Gasteiger partial charge is 0.434 e. The van der Waals surface area contributed by atoms with E-state index in [1.807, 2.05) is 0 Å². The first-order valence-electron chi connectivity index (χ1n) is 4.38. The standard InChI is InChI=1S/C8H7F3N2O2S/c9-8(10,11)5-3-16-7(12-5)13-1-4(2-13)6(14)15/h3-4H,1-2H2,(H,14,15). The second-order valence-corrected chi connectivity index (χ2v) is 4.29. The van der Waals surface area contributed by atoms with E-state index >= 15 is 0 Å². The van der Waals surface area contributed by atoms with E-state index in [0.29, 0.717) is 0 Å². The molecule has 1 aromatic rings. The van der Waals surface area contributed by atoms with E-state index in [1.54, 1.807) is 0 Å². The summed E-state index contributed by atoms with van der Waals surface area (Å²) < 4.78 is 36.7. The lowest BCUT2D eigenvalue weighted by molar-refractivity contribution is -0.143. The van der Waals surface area contributed by atoms with E-state index in [2.05, 4.69) is 4.98 Å². The van der Waals surface area contributed by atoms with Crippen molar-refractivity contribution in [2.24, 2.45) is 5.92 Å². The van der Waals surface area contributed by atoms with Gasteiger partial charge in [0.2, 0.25) is 0 Å². The summed E-state index contributed by atoms with van der Waals surface area (Å²) in [7, 11) is 0. The second kappa shape index (κ2) is 3.62. The summed E-state index contributed by atoms with van der Waals surface area (Å²) in [6, 6.07) is 0. The maximum atomic E-state index is 12.2. The summed E-state index contributed by atoms with van der Waals surface area (Å²) in [5.41, 5.74) is -0.925. The van der Waals surface area contributed by atoms with Gasteiger partial charge < -0.3 is 10.0 Å². The lowest BCUT2D eigenvalue weighted by atomic mass is 10.0. The molecule has 0 unspecified atom stereocenters. The van der Waals surface area contributed by atoms with Crippen molar-refractivity contribution in [2.45, 2.75) is 6.18 Å². The van der Waals surface area contributed by atoms with Crippen molar-refractivity contribution < 1.29 is 23.1 Å². The first-order chi connectivity index (χ1) is 7.38. The summed E-state index contributed by atoms with van der Waals surface area (Å²) in [5, 5.41) is 9.77. The quantitative estimate of drug-likeness (QED) is 0.870. The van der Waals surface area contributed by atoms with E-state index in [-0.39, 0.29) is 18.2 Å². The highest BCUT2D eigenvalue weighted by molar-refractivity contribution is 7.13. The minimum Gasteiger partial charge on any atom is -0.481 e. The van der Waals surface area contributed by atoms with Gasteiger partial charge in [-0.2, -0.15) is 13.2 Å². The van der Waals surface area contributed by atoms with Gasteiger partial charge in [0.15, 0.2) is 10.8 Å². The SMILES string of the molecule is O=C(O)C1CN(c2nc(C(F)(F)F)cs2)C1. The summed E-state index contributed by atoms with van der Waals surface area (Å²) in [5.74, 6) is -1.43. The largest absolute Gasteiger partial charge is 0.481 e. The molecular weight excluding hydrogens is 245 g/mol. The van der Waals surface area contributed by atoms with Gasteiger partial charge in [-0.3, -0.25) is 4.79 Å². The molecule has 0 aliphatic carbocycles. The van der Waals surface area contributed by atoms with Crippen LogP contribution in [0.2, 0.25) is 0 Å². The zero-order valence-corrected chi connectivity index (χ0v) is 8.68. The maximum Gasteiger partial charge on any atom is 0.434 e. The number of hydrogen-bond donors (Lipinski definition) is 1. The molecule has 2 heterocycles. The van der Waals surface area contributed by atoms with Gasteiger partial charge in [0.1, 0.15) is 0 Å². The summed E-state index contributed by atoms with van der Waals surface area (Å²) in [6.45, 7) is 0.445. The molecule has 4 nitrogen and oxygen atoms in total. The van der Waals surface area contributed by atoms with Crippen molar-refractivity contribution in [2.75, 3.05) is 18.0 Å². The van der Waals surface area contributed by atoms with Crippen molar-refractivity contribution in [1.82, 2.24) is 4.98 Å². The number of anilines is 1. The predicted molar refractivity (Wildman–Crippen MR) is 50.5 cm³/mol. The number of aliphatic carboxylic acids is 1. The number of halogens is 3. The van der Waals surface area contributed by atoms with Crippen LogP contribution >= 0.6 is 11.3 Å². The third-order valence-electron chi connectivity index (χ3n) is 2.28. The molecule has 1 saturated heterocycles. The van der Waals surface area contributed by atoms with Gasteiger partial charge in [-0.15, -0.1) is 11.3 Å². The Hall–Kier alpha value is -1.31. The molecule has 88 valence electrons. The van der Waals surface area contributed by atoms with Crippen LogP contribution in [0.1, 0.15) is 5.69 Å². The van der Waals surface area contributed by atoms with Crippen LogP contribution in [0.3, 0.4) is 0 Å². The van der Waals surface area contributed by atoms with E-state index in [9.17, 15) is 18.0 Å². The molecule has 0 radical (unpaired) electrons. The van der Waals surface area contributed by atoms with Crippen molar-refractivity contribution in [3.8, 4) is 0 Å². The number of aromatic nitrogens is 1. The molecule has 1 aliphatic rings. The highest BCUT2D eigenvalue weighted by atomic mass is 32.1. The third-order valence-corrected chi connectivity index (χ3v) is 3.19. The monoisotopic (exact) mass is 252 g/mol. The zero-order chi connectivity index (χ0) is 11.9. The number of thiazole rings is 1. The fraction of sp³-hybridized carbons (Fsp3) is 0.500. The van der Waals surface area contributed by atoms with Crippen LogP contribution in [0, 0.1) is 5.92 Å². The average molecular weight is 252 g/mol. The Balaban J connectivity index is 2.03. The van der Waals surface area contributed by atoms with Gasteiger partial charge in [0, 0.05) is 18.5 Å². The Morgan fingerprint density at radius 3 is 2.62 bits per heavy atom. The molecule has 1 fully saturated rings. The van der Waals surface area contributed by atoms with Crippen molar-refractivity contribution in [3.63, 3.8) is 0 Å². The minimum atomic E-state index is -4.44. The van der Waals surface area contributed by atoms with Gasteiger partial charge in [-0.1, -0.05) is 0 Å². The number of carboxylic acid groups (broad SMARTS) is 1. The second-order valence-electron chi connectivity index (χ2n) is 3.45.